The van der Waals surface area contributed by atoms with E-state index in [-0.39, 0.29) is 17.1 Å². The molecule has 5 rings (SSSR count). The van der Waals surface area contributed by atoms with Crippen LogP contribution in [0.3, 0.4) is 0 Å². The Kier molecular flexibility index (Phi) is 3.60. The molecular weight excluding hydrogens is 320 g/mol. The van der Waals surface area contributed by atoms with E-state index in [1.165, 1.54) is 11.1 Å². The Hall–Kier alpha value is -1.96. The van der Waals surface area contributed by atoms with Crippen LogP contribution in [-0.4, -0.2) is 11.6 Å². The van der Waals surface area contributed by atoms with Gasteiger partial charge in [0.2, 0.25) is 0 Å². The molecule has 0 N–H and O–H groups in total. The van der Waals surface area contributed by atoms with Gasteiger partial charge in [-0.3, -0.25) is 9.59 Å². The van der Waals surface area contributed by atoms with Gasteiger partial charge in [0.15, 0.2) is 5.78 Å². The first-order chi connectivity index (χ1) is 12.6. The highest BCUT2D eigenvalue weighted by Gasteiger charge is 2.53. The van der Waals surface area contributed by atoms with Gasteiger partial charge in [-0.1, -0.05) is 42.8 Å². The van der Waals surface area contributed by atoms with Gasteiger partial charge in [0.25, 0.3) is 0 Å². The van der Waals surface area contributed by atoms with E-state index >= 15 is 0 Å². The van der Waals surface area contributed by atoms with E-state index in [1.54, 1.807) is 5.57 Å². The summed E-state index contributed by atoms with van der Waals surface area (Å²) < 4.78 is 0. The average Bonchev–Trinajstić information content (AvgIpc) is 2.96. The summed E-state index contributed by atoms with van der Waals surface area (Å²) in [5.41, 5.74) is 5.41. The zero-order valence-corrected chi connectivity index (χ0v) is 15.5. The lowest BCUT2D eigenvalue weighted by molar-refractivity contribution is -0.128. The van der Waals surface area contributed by atoms with Crippen LogP contribution in [0.5, 0.6) is 0 Å². The van der Waals surface area contributed by atoms with Crippen LogP contribution >= 0.6 is 0 Å². The van der Waals surface area contributed by atoms with E-state index in [0.29, 0.717) is 17.6 Å². The molecule has 2 saturated carbocycles. The first-order valence-electron chi connectivity index (χ1n) is 10.1. The Labute approximate surface area is 155 Å². The van der Waals surface area contributed by atoms with Gasteiger partial charge >= 0.3 is 0 Å². The van der Waals surface area contributed by atoms with Gasteiger partial charge in [0, 0.05) is 11.8 Å². The van der Waals surface area contributed by atoms with Gasteiger partial charge in [-0.2, -0.15) is 0 Å². The molecule has 2 fully saturated rings. The van der Waals surface area contributed by atoms with Crippen molar-refractivity contribution in [2.75, 3.05) is 0 Å². The molecule has 4 aliphatic rings. The number of ketones is 2. The van der Waals surface area contributed by atoms with Crippen LogP contribution in [0.2, 0.25) is 0 Å². The molecule has 2 nitrogen and oxygen atoms in total. The second-order valence-corrected chi connectivity index (χ2v) is 8.87. The molecule has 0 aromatic heterocycles. The molecule has 0 radical (unpaired) electrons. The molecule has 0 spiro atoms. The number of fused-ring (bicyclic) bond motifs is 4. The quantitative estimate of drug-likeness (QED) is 0.704. The van der Waals surface area contributed by atoms with Crippen molar-refractivity contribution >= 4 is 11.6 Å². The normalized spacial score (nSPS) is 36.3. The molecular formula is C24H26O2. The Morgan fingerprint density at radius 3 is 2.62 bits per heavy atom. The van der Waals surface area contributed by atoms with E-state index in [4.69, 9.17) is 0 Å². The maximum Gasteiger partial charge on any atom is 0.163 e. The van der Waals surface area contributed by atoms with Crippen molar-refractivity contribution in [3.63, 3.8) is 0 Å². The number of allylic oxidation sites excluding steroid dienone is 4. The fourth-order valence-corrected chi connectivity index (χ4v) is 6.27. The van der Waals surface area contributed by atoms with Crippen LogP contribution in [0.25, 0.3) is 0 Å². The summed E-state index contributed by atoms with van der Waals surface area (Å²) in [6, 6.07) is 10.2. The highest BCUT2D eigenvalue weighted by molar-refractivity contribution is 5.98. The van der Waals surface area contributed by atoms with Gasteiger partial charge in [-0.05, 0) is 73.1 Å². The van der Waals surface area contributed by atoms with Crippen LogP contribution in [0.1, 0.15) is 63.4 Å². The van der Waals surface area contributed by atoms with Crippen molar-refractivity contribution in [1.29, 1.82) is 0 Å². The van der Waals surface area contributed by atoms with Crippen LogP contribution in [0, 0.1) is 17.3 Å². The predicted octanol–water partition coefficient (Wildman–Crippen LogP) is 5.16. The summed E-state index contributed by atoms with van der Waals surface area (Å²) in [6.07, 6.45) is 8.82. The minimum absolute atomic E-state index is 0.0280. The maximum atomic E-state index is 12.7. The summed E-state index contributed by atoms with van der Waals surface area (Å²) in [4.78, 5) is 25.2. The molecule has 0 heterocycles. The largest absolute Gasteiger partial charge is 0.299 e. The summed E-state index contributed by atoms with van der Waals surface area (Å²) in [5, 5.41) is 0. The predicted molar refractivity (Wildman–Crippen MR) is 102 cm³/mol. The molecule has 4 atom stereocenters. The van der Waals surface area contributed by atoms with Crippen molar-refractivity contribution in [3.05, 3.63) is 58.7 Å². The fraction of sp³-hybridized carbons (Fsp3) is 0.500. The smallest absolute Gasteiger partial charge is 0.163 e. The first-order valence-corrected chi connectivity index (χ1v) is 10.1. The van der Waals surface area contributed by atoms with Crippen LogP contribution in [-0.2, 0) is 9.59 Å². The van der Waals surface area contributed by atoms with Crippen molar-refractivity contribution in [3.8, 4) is 0 Å². The lowest BCUT2D eigenvalue weighted by Crippen LogP contribution is -2.40. The number of benzene rings is 1. The van der Waals surface area contributed by atoms with E-state index in [9.17, 15) is 9.59 Å². The van der Waals surface area contributed by atoms with Crippen LogP contribution in [0.15, 0.2) is 53.1 Å². The van der Waals surface area contributed by atoms with Gasteiger partial charge < -0.3 is 0 Å². The molecule has 0 amide bonds. The second kappa shape index (κ2) is 5.77. The van der Waals surface area contributed by atoms with Gasteiger partial charge in [-0.25, -0.2) is 0 Å². The number of hydrogen-bond acceptors (Lipinski definition) is 2. The third kappa shape index (κ3) is 2.24. The van der Waals surface area contributed by atoms with E-state index < -0.39 is 0 Å². The zero-order chi connectivity index (χ0) is 17.9. The lowest BCUT2D eigenvalue weighted by atomic mass is 9.57. The maximum absolute atomic E-state index is 12.7. The molecule has 1 unspecified atom stereocenters. The van der Waals surface area contributed by atoms with Crippen LogP contribution in [0.4, 0.5) is 0 Å². The Morgan fingerprint density at radius 1 is 1.00 bits per heavy atom. The Bertz CT molecular complexity index is 844. The minimum Gasteiger partial charge on any atom is -0.299 e. The van der Waals surface area contributed by atoms with E-state index in [2.05, 4.69) is 19.1 Å². The van der Waals surface area contributed by atoms with E-state index in [1.807, 2.05) is 24.3 Å². The highest BCUT2D eigenvalue weighted by atomic mass is 16.1. The molecule has 2 heteroatoms. The van der Waals surface area contributed by atoms with Gasteiger partial charge in [0.05, 0.1) is 5.92 Å². The SMILES string of the molecule is C[C@]12CCC3=C4CC(c5ccccc5)C(=O)C=C4CC[C@H]3[C@@H]1CCC2=O. The molecule has 1 aromatic rings. The third-order valence-electron chi connectivity index (χ3n) is 7.75. The molecule has 26 heavy (non-hydrogen) atoms. The molecule has 0 bridgehead atoms. The van der Waals surface area contributed by atoms with Crippen LogP contribution < -0.4 is 0 Å². The monoisotopic (exact) mass is 346 g/mol. The number of Topliss-reactive ketones (excluding diaryl/α,β-unsaturated/α-hetero) is 1. The van der Waals surface area contributed by atoms with Gasteiger partial charge in [0.1, 0.15) is 5.78 Å². The fourth-order valence-electron chi connectivity index (χ4n) is 6.27. The summed E-state index contributed by atoms with van der Waals surface area (Å²) >= 11 is 0. The number of carbonyl (C=O) groups is 2. The zero-order valence-electron chi connectivity index (χ0n) is 15.5. The Balaban J connectivity index is 1.54. The van der Waals surface area contributed by atoms with Gasteiger partial charge in [-0.15, -0.1) is 0 Å². The molecule has 0 saturated heterocycles. The Morgan fingerprint density at radius 2 is 1.81 bits per heavy atom. The third-order valence-corrected chi connectivity index (χ3v) is 7.75. The highest BCUT2D eigenvalue weighted by Crippen LogP contribution is 2.59. The molecule has 134 valence electrons. The number of carbonyl (C=O) groups excluding carboxylic acids is 2. The molecule has 0 aliphatic heterocycles. The molecule has 4 aliphatic carbocycles. The van der Waals surface area contributed by atoms with Crippen molar-refractivity contribution in [2.45, 2.75) is 57.8 Å². The topological polar surface area (TPSA) is 34.1 Å². The van der Waals surface area contributed by atoms with Crippen molar-refractivity contribution in [1.82, 2.24) is 0 Å². The number of hydrogen-bond donors (Lipinski definition) is 0. The van der Waals surface area contributed by atoms with Crippen molar-refractivity contribution < 1.29 is 9.59 Å². The first kappa shape index (κ1) is 16.2. The summed E-state index contributed by atoms with van der Waals surface area (Å²) in [6.45, 7) is 2.22. The van der Waals surface area contributed by atoms with E-state index in [0.717, 1.165) is 50.5 Å². The molecule has 1 aromatic carbocycles. The summed E-state index contributed by atoms with van der Waals surface area (Å²) in [7, 11) is 0. The summed E-state index contributed by atoms with van der Waals surface area (Å²) in [5.74, 6) is 1.83. The standard InChI is InChI=1S/C24H26O2/c1-24-12-11-17-18(21(24)9-10-23(24)26)8-7-16-13-22(25)20(14-19(16)17)15-5-3-2-4-6-15/h2-6,13,18,20-21H,7-12,14H2,1H3/t18-,20?,21+,24+/m1/s1. The number of rotatable bonds is 1. The average molecular weight is 346 g/mol. The second-order valence-electron chi connectivity index (χ2n) is 8.87. The van der Waals surface area contributed by atoms with Crippen molar-refractivity contribution in [2.24, 2.45) is 17.3 Å². The minimum atomic E-state index is -0.0841. The lowest BCUT2D eigenvalue weighted by Gasteiger charge is -2.46.